The van der Waals surface area contributed by atoms with Gasteiger partial charge in [0.2, 0.25) is 5.91 Å². The number of likely N-dealkylation sites (N-methyl/N-ethyl adjacent to an activating group) is 1. The lowest BCUT2D eigenvalue weighted by Gasteiger charge is -2.05. The number of aromatic amines is 1. The largest absolute Gasteiger partial charge is 0.355 e. The number of aromatic nitrogens is 2. The molecule has 0 aliphatic carbocycles. The van der Waals surface area contributed by atoms with Crippen LogP contribution in [0.1, 0.15) is 24.2 Å². The highest BCUT2D eigenvalue weighted by molar-refractivity contribution is 5.93. The highest BCUT2D eigenvalue weighted by Gasteiger charge is 2.12. The lowest BCUT2D eigenvalue weighted by molar-refractivity contribution is -0.121. The Bertz CT molecular complexity index is 555. The number of Topliss-reactive ketones (excluding diaryl/α,β-unsaturated/α-hetero) is 1. The van der Waals surface area contributed by atoms with Gasteiger partial charge in [0, 0.05) is 12.7 Å². The van der Waals surface area contributed by atoms with Crippen LogP contribution in [0, 0.1) is 0 Å². The zero-order valence-corrected chi connectivity index (χ0v) is 9.57. The molecule has 0 radical (unpaired) electrons. The number of carbonyl (C=O) groups is 2. The summed E-state index contributed by atoms with van der Waals surface area (Å²) in [7, 11) is 0. The summed E-state index contributed by atoms with van der Waals surface area (Å²) in [5.74, 6) is -0.920. The first kappa shape index (κ1) is 12.9. The Hall–Kier alpha value is -2.18. The first-order valence-electron chi connectivity index (χ1n) is 5.07. The van der Waals surface area contributed by atoms with E-state index in [9.17, 15) is 19.2 Å². The molecule has 0 aliphatic heterocycles. The summed E-state index contributed by atoms with van der Waals surface area (Å²) in [6.07, 6.45) is 1.06. The molecule has 0 atom stereocenters. The minimum Gasteiger partial charge on any atom is -0.355 e. The number of H-pyrrole nitrogens is 1. The van der Waals surface area contributed by atoms with Gasteiger partial charge in [0.15, 0.2) is 5.78 Å². The molecule has 1 amide bonds. The zero-order valence-electron chi connectivity index (χ0n) is 9.57. The molecule has 92 valence electrons. The Balaban J connectivity index is 3.19. The molecular formula is C10H13N3O4. The Kier molecular flexibility index (Phi) is 3.97. The van der Waals surface area contributed by atoms with Crippen molar-refractivity contribution in [2.75, 3.05) is 6.54 Å². The second kappa shape index (κ2) is 5.24. The summed E-state index contributed by atoms with van der Waals surface area (Å²) in [4.78, 5) is 47.7. The first-order valence-corrected chi connectivity index (χ1v) is 5.07. The van der Waals surface area contributed by atoms with Crippen LogP contribution < -0.4 is 16.6 Å². The maximum absolute atomic E-state index is 11.7. The van der Waals surface area contributed by atoms with Gasteiger partial charge >= 0.3 is 5.69 Å². The van der Waals surface area contributed by atoms with E-state index in [0.29, 0.717) is 11.1 Å². The highest BCUT2D eigenvalue weighted by atomic mass is 16.2. The third-order valence-electron chi connectivity index (χ3n) is 2.12. The van der Waals surface area contributed by atoms with Gasteiger partial charge in [0.25, 0.3) is 5.56 Å². The van der Waals surface area contributed by atoms with Crippen molar-refractivity contribution in [1.82, 2.24) is 14.9 Å². The SMILES string of the molecule is CCNC(=O)Cn1c(=O)[nH]cc(C(C)=O)c1=O. The monoisotopic (exact) mass is 239 g/mol. The van der Waals surface area contributed by atoms with Crippen molar-refractivity contribution < 1.29 is 9.59 Å². The Labute approximate surface area is 96.5 Å². The Morgan fingerprint density at radius 1 is 1.41 bits per heavy atom. The van der Waals surface area contributed by atoms with Crippen LogP contribution in [0.25, 0.3) is 0 Å². The molecule has 0 aliphatic rings. The van der Waals surface area contributed by atoms with Crippen molar-refractivity contribution in [2.45, 2.75) is 20.4 Å². The standard InChI is InChI=1S/C10H13N3O4/c1-3-11-8(15)5-13-9(16)7(6(2)14)4-12-10(13)17/h4H,3,5H2,1-2H3,(H,11,15)(H,12,17). The van der Waals surface area contributed by atoms with E-state index >= 15 is 0 Å². The van der Waals surface area contributed by atoms with Gasteiger partial charge in [-0.3, -0.25) is 19.0 Å². The quantitative estimate of drug-likeness (QED) is 0.649. The van der Waals surface area contributed by atoms with E-state index in [2.05, 4.69) is 10.3 Å². The van der Waals surface area contributed by atoms with Gasteiger partial charge in [-0.2, -0.15) is 0 Å². The number of amides is 1. The van der Waals surface area contributed by atoms with Crippen LogP contribution in [0.5, 0.6) is 0 Å². The molecule has 7 heteroatoms. The van der Waals surface area contributed by atoms with Gasteiger partial charge in [-0.15, -0.1) is 0 Å². The molecule has 0 saturated carbocycles. The third kappa shape index (κ3) is 2.90. The fraction of sp³-hybridized carbons (Fsp3) is 0.400. The normalized spacial score (nSPS) is 10.0. The summed E-state index contributed by atoms with van der Waals surface area (Å²) in [5.41, 5.74) is -1.62. The van der Waals surface area contributed by atoms with E-state index in [-0.39, 0.29) is 5.56 Å². The van der Waals surface area contributed by atoms with Gasteiger partial charge in [0.05, 0.1) is 5.56 Å². The van der Waals surface area contributed by atoms with E-state index in [0.717, 1.165) is 6.20 Å². The molecule has 0 spiro atoms. The molecular weight excluding hydrogens is 226 g/mol. The fourth-order valence-electron chi connectivity index (χ4n) is 1.30. The van der Waals surface area contributed by atoms with Gasteiger partial charge in [-0.05, 0) is 13.8 Å². The van der Waals surface area contributed by atoms with E-state index in [1.54, 1.807) is 6.92 Å². The summed E-state index contributed by atoms with van der Waals surface area (Å²) in [6, 6.07) is 0. The molecule has 1 aromatic heterocycles. The van der Waals surface area contributed by atoms with Crippen LogP contribution >= 0.6 is 0 Å². The van der Waals surface area contributed by atoms with Crippen LogP contribution in [0.2, 0.25) is 0 Å². The second-order valence-corrected chi connectivity index (χ2v) is 3.41. The molecule has 17 heavy (non-hydrogen) atoms. The predicted molar refractivity (Wildman–Crippen MR) is 60.0 cm³/mol. The molecule has 0 aromatic carbocycles. The maximum Gasteiger partial charge on any atom is 0.328 e. The molecule has 2 N–H and O–H groups in total. The van der Waals surface area contributed by atoms with Crippen molar-refractivity contribution in [2.24, 2.45) is 0 Å². The summed E-state index contributed by atoms with van der Waals surface area (Å²) in [6.45, 7) is 2.93. The number of nitrogens with zero attached hydrogens (tertiary/aromatic N) is 1. The third-order valence-corrected chi connectivity index (χ3v) is 2.12. The van der Waals surface area contributed by atoms with Crippen LogP contribution in [0.15, 0.2) is 15.8 Å². The Morgan fingerprint density at radius 2 is 2.06 bits per heavy atom. The molecule has 1 heterocycles. The minimum absolute atomic E-state index is 0.145. The van der Waals surface area contributed by atoms with Crippen molar-refractivity contribution in [3.63, 3.8) is 0 Å². The van der Waals surface area contributed by atoms with Crippen LogP contribution in [0.3, 0.4) is 0 Å². The molecule has 7 nitrogen and oxygen atoms in total. The average molecular weight is 239 g/mol. The van der Waals surface area contributed by atoms with Crippen molar-refractivity contribution in [1.29, 1.82) is 0 Å². The molecule has 0 saturated heterocycles. The number of nitrogens with one attached hydrogen (secondary N) is 2. The Morgan fingerprint density at radius 3 is 2.59 bits per heavy atom. The number of hydrogen-bond acceptors (Lipinski definition) is 4. The molecule has 0 bridgehead atoms. The van der Waals surface area contributed by atoms with Crippen LogP contribution in [-0.4, -0.2) is 27.8 Å². The lowest BCUT2D eigenvalue weighted by Crippen LogP contribution is -2.42. The minimum atomic E-state index is -0.757. The van der Waals surface area contributed by atoms with Gasteiger partial charge < -0.3 is 10.3 Å². The van der Waals surface area contributed by atoms with E-state index < -0.39 is 29.5 Å². The zero-order chi connectivity index (χ0) is 13.0. The van der Waals surface area contributed by atoms with Gasteiger partial charge in [0.1, 0.15) is 6.54 Å². The highest BCUT2D eigenvalue weighted by Crippen LogP contribution is 1.87. The average Bonchev–Trinajstić information content (AvgIpc) is 2.24. The topological polar surface area (TPSA) is 101 Å². The maximum atomic E-state index is 11.7. The molecule has 1 aromatic rings. The summed E-state index contributed by atoms with van der Waals surface area (Å²) >= 11 is 0. The van der Waals surface area contributed by atoms with Crippen molar-refractivity contribution >= 4 is 11.7 Å². The first-order chi connectivity index (χ1) is 7.97. The summed E-state index contributed by atoms with van der Waals surface area (Å²) in [5, 5.41) is 2.46. The predicted octanol–water partition coefficient (Wildman–Crippen LogP) is -1.12. The van der Waals surface area contributed by atoms with Crippen molar-refractivity contribution in [3.05, 3.63) is 32.6 Å². The number of hydrogen-bond donors (Lipinski definition) is 2. The number of ketones is 1. The number of rotatable bonds is 4. The molecule has 0 fully saturated rings. The lowest BCUT2D eigenvalue weighted by atomic mass is 10.2. The number of carbonyl (C=O) groups excluding carboxylic acids is 2. The summed E-state index contributed by atoms with van der Waals surface area (Å²) < 4.78 is 0.696. The fourth-order valence-corrected chi connectivity index (χ4v) is 1.30. The molecule has 1 rings (SSSR count). The van der Waals surface area contributed by atoms with Crippen molar-refractivity contribution in [3.8, 4) is 0 Å². The van der Waals surface area contributed by atoms with Gasteiger partial charge in [-0.1, -0.05) is 0 Å². The van der Waals surface area contributed by atoms with Crippen LogP contribution in [-0.2, 0) is 11.3 Å². The smallest absolute Gasteiger partial charge is 0.328 e. The van der Waals surface area contributed by atoms with E-state index in [1.165, 1.54) is 6.92 Å². The van der Waals surface area contributed by atoms with Gasteiger partial charge in [-0.25, -0.2) is 4.79 Å². The second-order valence-electron chi connectivity index (χ2n) is 3.41. The van der Waals surface area contributed by atoms with E-state index in [4.69, 9.17) is 0 Å². The van der Waals surface area contributed by atoms with Crippen LogP contribution in [0.4, 0.5) is 0 Å². The van der Waals surface area contributed by atoms with E-state index in [1.807, 2.05) is 0 Å². The molecule has 0 unspecified atom stereocenters.